The van der Waals surface area contributed by atoms with Crippen molar-refractivity contribution >= 4 is 12.2 Å². The van der Waals surface area contributed by atoms with E-state index in [1.807, 2.05) is 24.3 Å². The predicted molar refractivity (Wildman–Crippen MR) is 83.0 cm³/mol. The fraction of sp³-hybridized carbons (Fsp3) is 0.500. The van der Waals surface area contributed by atoms with Crippen molar-refractivity contribution in [2.75, 3.05) is 6.61 Å². The van der Waals surface area contributed by atoms with Crippen molar-refractivity contribution in [3.8, 4) is 0 Å². The Balaban J connectivity index is 1.84. The molecular formula is C16H23N3O2. The largest absolute Gasteiger partial charge is 0.376 e. The van der Waals surface area contributed by atoms with Gasteiger partial charge in [-0.2, -0.15) is 5.10 Å². The molecule has 21 heavy (non-hydrogen) atoms. The van der Waals surface area contributed by atoms with Gasteiger partial charge in [0.2, 0.25) is 0 Å². The molecule has 1 saturated carbocycles. The van der Waals surface area contributed by atoms with Crippen LogP contribution in [0.5, 0.6) is 0 Å². The zero-order chi connectivity index (χ0) is 14.9. The number of nitrogens with zero attached hydrogens (tertiary/aromatic N) is 1. The summed E-state index contributed by atoms with van der Waals surface area (Å²) in [6.07, 6.45) is 8.18. The van der Waals surface area contributed by atoms with Crippen LogP contribution in [0.4, 0.5) is 4.79 Å². The molecule has 1 aromatic rings. The molecule has 0 radical (unpaired) electrons. The number of hydrogen-bond donors (Lipinski definition) is 2. The van der Waals surface area contributed by atoms with E-state index in [0.29, 0.717) is 12.5 Å². The molecule has 0 aliphatic heterocycles. The maximum atomic E-state index is 10.6. The van der Waals surface area contributed by atoms with E-state index in [1.165, 1.54) is 32.1 Å². The van der Waals surface area contributed by atoms with Gasteiger partial charge in [-0.3, -0.25) is 0 Å². The van der Waals surface area contributed by atoms with E-state index in [1.54, 1.807) is 6.21 Å². The molecule has 1 aromatic carbocycles. The Morgan fingerprint density at radius 3 is 2.86 bits per heavy atom. The van der Waals surface area contributed by atoms with E-state index in [4.69, 9.17) is 10.5 Å². The smallest absolute Gasteiger partial charge is 0.332 e. The first-order chi connectivity index (χ1) is 10.3. The van der Waals surface area contributed by atoms with Crippen LogP contribution in [-0.2, 0) is 11.3 Å². The molecule has 3 N–H and O–H groups in total. The highest BCUT2D eigenvalue weighted by Crippen LogP contribution is 2.24. The second-order valence-electron chi connectivity index (χ2n) is 5.45. The second kappa shape index (κ2) is 8.42. The lowest BCUT2D eigenvalue weighted by atomic mass is 9.90. The van der Waals surface area contributed by atoms with Crippen molar-refractivity contribution in [3.05, 3.63) is 35.4 Å². The minimum absolute atomic E-state index is 0.565. The van der Waals surface area contributed by atoms with Crippen LogP contribution >= 0.6 is 0 Å². The van der Waals surface area contributed by atoms with Crippen LogP contribution < -0.4 is 11.2 Å². The number of carbonyl (C=O) groups is 1. The van der Waals surface area contributed by atoms with Crippen molar-refractivity contribution in [2.24, 2.45) is 16.8 Å². The molecule has 0 saturated heterocycles. The van der Waals surface area contributed by atoms with Gasteiger partial charge in [0.15, 0.2) is 0 Å². The first-order valence-electron chi connectivity index (χ1n) is 7.50. The van der Waals surface area contributed by atoms with Gasteiger partial charge < -0.3 is 10.5 Å². The van der Waals surface area contributed by atoms with Gasteiger partial charge in [0.1, 0.15) is 0 Å². The molecule has 114 valence electrons. The molecule has 5 nitrogen and oxygen atoms in total. The highest BCUT2D eigenvalue weighted by molar-refractivity contribution is 5.83. The first-order valence-corrected chi connectivity index (χ1v) is 7.50. The second-order valence-corrected chi connectivity index (χ2v) is 5.45. The van der Waals surface area contributed by atoms with Gasteiger partial charge in [-0.05, 0) is 24.3 Å². The SMILES string of the molecule is NC(=O)NN=Cc1ccccc1COCC1CCCCC1. The number of benzene rings is 1. The quantitative estimate of drug-likeness (QED) is 0.624. The number of carbonyl (C=O) groups excluding carboxylic acids is 1. The summed E-state index contributed by atoms with van der Waals surface area (Å²) in [6.45, 7) is 1.39. The molecule has 2 amide bonds. The van der Waals surface area contributed by atoms with Crippen molar-refractivity contribution in [2.45, 2.75) is 38.7 Å². The average molecular weight is 289 g/mol. The number of amides is 2. The zero-order valence-corrected chi connectivity index (χ0v) is 12.3. The minimum Gasteiger partial charge on any atom is -0.376 e. The fourth-order valence-corrected chi connectivity index (χ4v) is 2.65. The number of primary amides is 1. The summed E-state index contributed by atoms with van der Waals surface area (Å²) in [5.41, 5.74) is 9.15. The Hall–Kier alpha value is -1.88. The number of rotatable bonds is 6. The number of hydrazone groups is 1. The van der Waals surface area contributed by atoms with Crippen LogP contribution in [-0.4, -0.2) is 18.9 Å². The van der Waals surface area contributed by atoms with Crippen LogP contribution in [0.2, 0.25) is 0 Å². The monoisotopic (exact) mass is 289 g/mol. The predicted octanol–water partition coefficient (Wildman–Crippen LogP) is 2.79. The lowest BCUT2D eigenvalue weighted by Gasteiger charge is -2.21. The third-order valence-electron chi connectivity index (χ3n) is 3.77. The van der Waals surface area contributed by atoms with Gasteiger partial charge in [0.25, 0.3) is 0 Å². The standard InChI is InChI=1S/C16H23N3O2/c17-16(20)19-18-10-14-8-4-5-9-15(14)12-21-11-13-6-2-1-3-7-13/h4-5,8-10,13H,1-3,6-7,11-12H2,(H3,17,19,20). The Labute approximate surface area is 125 Å². The summed E-state index contributed by atoms with van der Waals surface area (Å²) < 4.78 is 5.85. The van der Waals surface area contributed by atoms with E-state index in [2.05, 4.69) is 10.5 Å². The number of nitrogens with two attached hydrogens (primary N) is 1. The van der Waals surface area contributed by atoms with E-state index < -0.39 is 6.03 Å². The lowest BCUT2D eigenvalue weighted by Crippen LogP contribution is -2.24. The molecule has 0 atom stereocenters. The van der Waals surface area contributed by atoms with Crippen LogP contribution in [0.3, 0.4) is 0 Å². The van der Waals surface area contributed by atoms with E-state index in [0.717, 1.165) is 17.7 Å². The van der Waals surface area contributed by atoms with Crippen LogP contribution in [0, 0.1) is 5.92 Å². The van der Waals surface area contributed by atoms with Gasteiger partial charge in [-0.15, -0.1) is 0 Å². The third-order valence-corrected chi connectivity index (χ3v) is 3.77. The summed E-state index contributed by atoms with van der Waals surface area (Å²) in [5.74, 6) is 0.705. The summed E-state index contributed by atoms with van der Waals surface area (Å²) in [7, 11) is 0. The Morgan fingerprint density at radius 1 is 1.33 bits per heavy atom. The topological polar surface area (TPSA) is 76.7 Å². The average Bonchev–Trinajstić information content (AvgIpc) is 2.49. The molecule has 0 bridgehead atoms. The molecule has 5 heteroatoms. The van der Waals surface area contributed by atoms with Crippen molar-refractivity contribution in [3.63, 3.8) is 0 Å². The molecule has 0 aromatic heterocycles. The molecule has 1 fully saturated rings. The molecule has 0 heterocycles. The number of nitrogens with one attached hydrogen (secondary N) is 1. The summed E-state index contributed by atoms with van der Waals surface area (Å²) in [4.78, 5) is 10.6. The number of urea groups is 1. The van der Waals surface area contributed by atoms with Crippen LogP contribution in [0.1, 0.15) is 43.2 Å². The van der Waals surface area contributed by atoms with E-state index in [9.17, 15) is 4.79 Å². The lowest BCUT2D eigenvalue weighted by molar-refractivity contribution is 0.0739. The van der Waals surface area contributed by atoms with Gasteiger partial charge in [-0.1, -0.05) is 43.5 Å². The molecule has 0 unspecified atom stereocenters. The Bertz CT molecular complexity index is 482. The number of ether oxygens (including phenoxy) is 1. The molecule has 1 aliphatic carbocycles. The maximum Gasteiger partial charge on any atom is 0.332 e. The van der Waals surface area contributed by atoms with Crippen molar-refractivity contribution < 1.29 is 9.53 Å². The van der Waals surface area contributed by atoms with Crippen LogP contribution in [0.15, 0.2) is 29.4 Å². The third kappa shape index (κ3) is 5.55. The highest BCUT2D eigenvalue weighted by Gasteiger charge is 2.13. The zero-order valence-electron chi connectivity index (χ0n) is 12.3. The summed E-state index contributed by atoms with van der Waals surface area (Å²) >= 11 is 0. The summed E-state index contributed by atoms with van der Waals surface area (Å²) in [5, 5.41) is 3.79. The highest BCUT2D eigenvalue weighted by atomic mass is 16.5. The number of hydrogen-bond acceptors (Lipinski definition) is 3. The normalized spacial score (nSPS) is 16.2. The van der Waals surface area contributed by atoms with E-state index >= 15 is 0 Å². The van der Waals surface area contributed by atoms with Gasteiger partial charge in [0.05, 0.1) is 12.8 Å². The molecular weight excluding hydrogens is 266 g/mol. The van der Waals surface area contributed by atoms with Gasteiger partial charge >= 0.3 is 6.03 Å². The molecule has 2 rings (SSSR count). The van der Waals surface area contributed by atoms with Crippen LogP contribution in [0.25, 0.3) is 0 Å². The van der Waals surface area contributed by atoms with Gasteiger partial charge in [-0.25, -0.2) is 10.2 Å². The van der Waals surface area contributed by atoms with Gasteiger partial charge in [0, 0.05) is 12.2 Å². The minimum atomic E-state index is -0.669. The van der Waals surface area contributed by atoms with E-state index in [-0.39, 0.29) is 0 Å². The van der Waals surface area contributed by atoms with Crippen molar-refractivity contribution in [1.82, 2.24) is 5.43 Å². The Morgan fingerprint density at radius 2 is 2.10 bits per heavy atom. The molecule has 0 spiro atoms. The Kier molecular flexibility index (Phi) is 6.22. The van der Waals surface area contributed by atoms with Crippen molar-refractivity contribution in [1.29, 1.82) is 0 Å². The summed E-state index contributed by atoms with van der Waals surface area (Å²) in [6, 6.07) is 7.17. The fourth-order valence-electron chi connectivity index (χ4n) is 2.65. The maximum absolute atomic E-state index is 10.6. The molecule has 1 aliphatic rings. The first kappa shape index (κ1) is 15.5.